The molecule has 1 N–H and O–H groups in total. The molecule has 2 aromatic rings. The number of methoxy groups -OCH3 is 2. The van der Waals surface area contributed by atoms with Gasteiger partial charge in [-0.05, 0) is 51.0 Å². The molecule has 0 aromatic heterocycles. The summed E-state index contributed by atoms with van der Waals surface area (Å²) < 4.78 is 36.7. The fourth-order valence-electron chi connectivity index (χ4n) is 3.49. The number of ether oxygens (including phenoxy) is 2. The van der Waals surface area contributed by atoms with Gasteiger partial charge in [0.1, 0.15) is 6.04 Å². The molecule has 30 heavy (non-hydrogen) atoms. The molecule has 7 nitrogen and oxygen atoms in total. The van der Waals surface area contributed by atoms with Crippen LogP contribution in [-0.4, -0.2) is 40.8 Å². The fourth-order valence-corrected chi connectivity index (χ4v) is 4.66. The van der Waals surface area contributed by atoms with E-state index < -0.39 is 22.0 Å². The maximum atomic E-state index is 13.0. The van der Waals surface area contributed by atoms with Crippen molar-refractivity contribution in [1.29, 1.82) is 0 Å². The van der Waals surface area contributed by atoms with E-state index in [9.17, 15) is 13.2 Å². The first kappa shape index (κ1) is 23.5. The quantitative estimate of drug-likeness (QED) is 0.689. The predicted molar refractivity (Wildman–Crippen MR) is 119 cm³/mol. The van der Waals surface area contributed by atoms with Crippen LogP contribution in [0.15, 0.2) is 36.4 Å². The second kappa shape index (κ2) is 9.38. The Bertz CT molecular complexity index is 1020. The average molecular weight is 435 g/mol. The Morgan fingerprint density at radius 2 is 1.63 bits per heavy atom. The van der Waals surface area contributed by atoms with Gasteiger partial charge in [0.2, 0.25) is 15.9 Å². The van der Waals surface area contributed by atoms with Crippen LogP contribution in [0.25, 0.3) is 0 Å². The van der Waals surface area contributed by atoms with Gasteiger partial charge in [0.25, 0.3) is 0 Å². The number of nitrogens with one attached hydrogen (secondary N) is 1. The van der Waals surface area contributed by atoms with Crippen molar-refractivity contribution in [3.05, 3.63) is 53.1 Å². The fraction of sp³-hybridized carbons (Fsp3) is 0.409. The molecule has 0 saturated heterocycles. The van der Waals surface area contributed by atoms with Crippen molar-refractivity contribution in [2.45, 2.75) is 39.8 Å². The summed E-state index contributed by atoms with van der Waals surface area (Å²) in [5.74, 6) is 0.442. The van der Waals surface area contributed by atoms with E-state index in [1.807, 2.05) is 39.0 Å². The van der Waals surface area contributed by atoms with Gasteiger partial charge in [-0.15, -0.1) is 0 Å². The van der Waals surface area contributed by atoms with Crippen molar-refractivity contribution in [3.63, 3.8) is 0 Å². The Hall–Kier alpha value is -2.74. The molecular weight excluding hydrogens is 404 g/mol. The first-order valence-electron chi connectivity index (χ1n) is 9.58. The molecule has 8 heteroatoms. The lowest BCUT2D eigenvalue weighted by molar-refractivity contribution is -0.122. The Morgan fingerprint density at radius 3 is 2.17 bits per heavy atom. The zero-order chi connectivity index (χ0) is 22.6. The van der Waals surface area contributed by atoms with Crippen LogP contribution in [0.2, 0.25) is 0 Å². The molecule has 2 rings (SSSR count). The summed E-state index contributed by atoms with van der Waals surface area (Å²) in [5, 5.41) is 2.93. The van der Waals surface area contributed by atoms with Crippen LogP contribution in [0, 0.1) is 13.8 Å². The number of carbonyl (C=O) groups excluding carboxylic acids is 1. The van der Waals surface area contributed by atoms with Crippen LogP contribution in [0.5, 0.6) is 11.5 Å². The lowest BCUT2D eigenvalue weighted by atomic mass is 10.00. The number of sulfonamides is 1. The lowest BCUT2D eigenvalue weighted by Gasteiger charge is -2.30. The molecule has 2 atom stereocenters. The normalized spacial score (nSPS) is 13.3. The minimum absolute atomic E-state index is 0.271. The van der Waals surface area contributed by atoms with Gasteiger partial charge < -0.3 is 14.8 Å². The zero-order valence-corrected chi connectivity index (χ0v) is 19.3. The van der Waals surface area contributed by atoms with E-state index in [2.05, 4.69) is 5.32 Å². The van der Waals surface area contributed by atoms with Gasteiger partial charge in [-0.1, -0.05) is 23.8 Å². The number of rotatable bonds is 8. The summed E-state index contributed by atoms with van der Waals surface area (Å²) in [6.45, 7) is 7.43. The number of hydrogen-bond donors (Lipinski definition) is 1. The van der Waals surface area contributed by atoms with Crippen LogP contribution < -0.4 is 19.1 Å². The van der Waals surface area contributed by atoms with Crippen LogP contribution >= 0.6 is 0 Å². The Balaban J connectivity index is 2.33. The number of aryl methyl sites for hydroxylation is 2. The van der Waals surface area contributed by atoms with Gasteiger partial charge in [0.15, 0.2) is 11.5 Å². The van der Waals surface area contributed by atoms with Gasteiger partial charge in [-0.3, -0.25) is 9.10 Å². The highest BCUT2D eigenvalue weighted by Gasteiger charge is 2.30. The molecule has 0 bridgehead atoms. The largest absolute Gasteiger partial charge is 0.493 e. The highest BCUT2D eigenvalue weighted by Crippen LogP contribution is 2.33. The number of nitrogens with zero attached hydrogens (tertiary/aromatic N) is 1. The Labute approximate surface area is 179 Å². The molecule has 0 spiro atoms. The number of anilines is 1. The second-order valence-corrected chi connectivity index (χ2v) is 9.22. The molecule has 2 aromatic carbocycles. The predicted octanol–water partition coefficient (Wildman–Crippen LogP) is 3.35. The number of benzene rings is 2. The third kappa shape index (κ3) is 5.24. The summed E-state index contributed by atoms with van der Waals surface area (Å²) in [6, 6.07) is 9.50. The van der Waals surface area contributed by atoms with Crippen molar-refractivity contribution in [1.82, 2.24) is 5.32 Å². The minimum Gasteiger partial charge on any atom is -0.493 e. The van der Waals surface area contributed by atoms with E-state index in [0.717, 1.165) is 27.3 Å². The molecule has 0 fully saturated rings. The van der Waals surface area contributed by atoms with E-state index in [-0.39, 0.29) is 6.04 Å². The summed E-state index contributed by atoms with van der Waals surface area (Å²) in [5.41, 5.74) is 3.50. The Kier molecular flexibility index (Phi) is 7.36. The maximum Gasteiger partial charge on any atom is 0.244 e. The monoisotopic (exact) mass is 434 g/mol. The van der Waals surface area contributed by atoms with Gasteiger partial charge >= 0.3 is 0 Å². The Morgan fingerprint density at radius 1 is 1.00 bits per heavy atom. The van der Waals surface area contributed by atoms with E-state index in [1.165, 1.54) is 20.3 Å². The molecule has 0 aliphatic carbocycles. The number of carbonyl (C=O) groups is 1. The average Bonchev–Trinajstić information content (AvgIpc) is 2.66. The van der Waals surface area contributed by atoms with Crippen LogP contribution in [0.3, 0.4) is 0 Å². The zero-order valence-electron chi connectivity index (χ0n) is 18.5. The topological polar surface area (TPSA) is 84.9 Å². The van der Waals surface area contributed by atoms with Crippen LogP contribution in [0.1, 0.15) is 36.6 Å². The van der Waals surface area contributed by atoms with Crippen LogP contribution in [0.4, 0.5) is 5.69 Å². The van der Waals surface area contributed by atoms with Crippen LogP contribution in [-0.2, 0) is 14.8 Å². The molecule has 0 aliphatic rings. The smallest absolute Gasteiger partial charge is 0.244 e. The van der Waals surface area contributed by atoms with Crippen molar-refractivity contribution in [3.8, 4) is 11.5 Å². The number of amides is 1. The van der Waals surface area contributed by atoms with Crippen molar-refractivity contribution in [2.24, 2.45) is 0 Å². The van der Waals surface area contributed by atoms with E-state index in [4.69, 9.17) is 9.47 Å². The summed E-state index contributed by atoms with van der Waals surface area (Å²) >= 11 is 0. The highest BCUT2D eigenvalue weighted by molar-refractivity contribution is 7.92. The van der Waals surface area contributed by atoms with Gasteiger partial charge in [0.05, 0.1) is 32.2 Å². The third-order valence-corrected chi connectivity index (χ3v) is 6.20. The van der Waals surface area contributed by atoms with Gasteiger partial charge in [0, 0.05) is 6.07 Å². The molecular formula is C22H30N2O5S. The maximum absolute atomic E-state index is 13.0. The third-order valence-electron chi connectivity index (χ3n) is 4.96. The summed E-state index contributed by atoms with van der Waals surface area (Å²) in [7, 11) is -0.782. The molecule has 1 amide bonds. The van der Waals surface area contributed by atoms with E-state index in [0.29, 0.717) is 17.2 Å². The molecule has 0 heterocycles. The minimum atomic E-state index is -3.74. The number of hydrogen-bond acceptors (Lipinski definition) is 5. The van der Waals surface area contributed by atoms with Crippen molar-refractivity contribution < 1.29 is 22.7 Å². The van der Waals surface area contributed by atoms with E-state index in [1.54, 1.807) is 19.1 Å². The van der Waals surface area contributed by atoms with Gasteiger partial charge in [-0.2, -0.15) is 0 Å². The standard InChI is InChI=1S/C22H30N2O5S/c1-14-8-10-19(15(2)12-14)16(3)23-22(25)17(4)24(30(7,26)27)18-9-11-20(28-5)21(13-18)29-6/h8-13,16-17H,1-7H3,(H,23,25)/t16-,17-/m0/s1. The van der Waals surface area contributed by atoms with Gasteiger partial charge in [-0.25, -0.2) is 8.42 Å². The molecule has 0 unspecified atom stereocenters. The molecule has 0 saturated carbocycles. The second-order valence-electron chi connectivity index (χ2n) is 7.36. The van der Waals surface area contributed by atoms with Crippen molar-refractivity contribution >= 4 is 21.6 Å². The van der Waals surface area contributed by atoms with E-state index >= 15 is 0 Å². The molecule has 0 radical (unpaired) electrons. The first-order valence-corrected chi connectivity index (χ1v) is 11.4. The summed E-state index contributed by atoms with van der Waals surface area (Å²) in [4.78, 5) is 13.0. The van der Waals surface area contributed by atoms with Crippen molar-refractivity contribution in [2.75, 3.05) is 24.8 Å². The SMILES string of the molecule is COc1ccc(N([C@@H](C)C(=O)N[C@@H](C)c2ccc(C)cc2C)S(C)(=O)=O)cc1OC. The summed E-state index contributed by atoms with van der Waals surface area (Å²) in [6.07, 6.45) is 1.07. The lowest BCUT2D eigenvalue weighted by Crippen LogP contribution is -2.48. The molecule has 0 aliphatic heterocycles. The first-order chi connectivity index (χ1) is 14.0. The highest BCUT2D eigenvalue weighted by atomic mass is 32.2. The molecule has 164 valence electrons.